The van der Waals surface area contributed by atoms with Crippen molar-refractivity contribution >= 4 is 0 Å². The fraction of sp³-hybridized carbons (Fsp3) is 1.00. The molecule has 0 spiro atoms. The van der Waals surface area contributed by atoms with E-state index < -0.39 is 0 Å². The number of methoxy groups -OCH3 is 1. The van der Waals surface area contributed by atoms with E-state index in [2.05, 4.69) is 9.80 Å². The second kappa shape index (κ2) is 5.68. The second-order valence-electron chi connectivity index (χ2n) is 6.63. The molecule has 0 radical (unpaired) electrons. The number of ether oxygens (including phenoxy) is 1. The normalized spacial score (nSPS) is 35.8. The number of nitrogens with two attached hydrogens (primary N) is 1. The van der Waals surface area contributed by atoms with E-state index in [0.717, 1.165) is 31.8 Å². The molecule has 3 rings (SSSR count). The Bertz CT molecular complexity index is 308. The summed E-state index contributed by atoms with van der Waals surface area (Å²) in [5, 5.41) is 0. The van der Waals surface area contributed by atoms with Gasteiger partial charge in [-0.25, -0.2) is 0 Å². The third-order valence-corrected chi connectivity index (χ3v) is 5.49. The van der Waals surface area contributed by atoms with Gasteiger partial charge in [0.05, 0.1) is 6.61 Å². The molecular weight excluding hydrogens is 238 g/mol. The van der Waals surface area contributed by atoms with Gasteiger partial charge in [0.25, 0.3) is 0 Å². The quantitative estimate of drug-likeness (QED) is 0.781. The number of hydrogen-bond donors (Lipinski definition) is 1. The summed E-state index contributed by atoms with van der Waals surface area (Å²) >= 11 is 0. The monoisotopic (exact) mass is 267 g/mol. The van der Waals surface area contributed by atoms with Crippen LogP contribution >= 0.6 is 0 Å². The number of fused-ring (bicyclic) bond motifs is 1. The van der Waals surface area contributed by atoms with E-state index in [1.807, 2.05) is 0 Å². The van der Waals surface area contributed by atoms with Gasteiger partial charge in [0.15, 0.2) is 0 Å². The number of hydrogen-bond acceptors (Lipinski definition) is 4. The molecule has 0 aromatic carbocycles. The highest BCUT2D eigenvalue weighted by atomic mass is 16.5. The van der Waals surface area contributed by atoms with Gasteiger partial charge in [0, 0.05) is 44.4 Å². The Kier molecular flexibility index (Phi) is 4.13. The van der Waals surface area contributed by atoms with Crippen LogP contribution < -0.4 is 5.73 Å². The van der Waals surface area contributed by atoms with Crippen molar-refractivity contribution in [1.29, 1.82) is 0 Å². The van der Waals surface area contributed by atoms with Crippen molar-refractivity contribution in [3.63, 3.8) is 0 Å². The van der Waals surface area contributed by atoms with Crippen LogP contribution in [0.5, 0.6) is 0 Å². The van der Waals surface area contributed by atoms with Crippen LogP contribution in [0, 0.1) is 0 Å². The average Bonchev–Trinajstić information content (AvgIpc) is 3.16. The van der Waals surface area contributed by atoms with Gasteiger partial charge in [-0.1, -0.05) is 0 Å². The van der Waals surface area contributed by atoms with Crippen LogP contribution in [0.25, 0.3) is 0 Å². The predicted octanol–water partition coefficient (Wildman–Crippen LogP) is 1.05. The van der Waals surface area contributed by atoms with Crippen LogP contribution in [0.15, 0.2) is 0 Å². The maximum Gasteiger partial charge on any atom is 0.0590 e. The zero-order valence-electron chi connectivity index (χ0n) is 12.3. The first kappa shape index (κ1) is 13.8. The molecule has 0 amide bonds. The highest BCUT2D eigenvalue weighted by molar-refractivity contribution is 5.05. The highest BCUT2D eigenvalue weighted by Crippen LogP contribution is 2.41. The molecule has 0 bridgehead atoms. The molecular formula is C15H29N3O. The Morgan fingerprint density at radius 2 is 2.16 bits per heavy atom. The summed E-state index contributed by atoms with van der Waals surface area (Å²) in [5.41, 5.74) is 6.51. The molecule has 2 N–H and O–H groups in total. The van der Waals surface area contributed by atoms with E-state index in [1.165, 1.54) is 51.6 Å². The molecule has 1 aliphatic carbocycles. The molecule has 2 saturated heterocycles. The molecule has 4 nitrogen and oxygen atoms in total. The first-order valence-corrected chi connectivity index (χ1v) is 7.99. The van der Waals surface area contributed by atoms with Crippen molar-refractivity contribution in [3.8, 4) is 0 Å². The first-order chi connectivity index (χ1) is 9.29. The van der Waals surface area contributed by atoms with Crippen molar-refractivity contribution in [1.82, 2.24) is 9.80 Å². The Labute approximate surface area is 117 Å². The van der Waals surface area contributed by atoms with Crippen molar-refractivity contribution in [3.05, 3.63) is 0 Å². The van der Waals surface area contributed by atoms with Gasteiger partial charge >= 0.3 is 0 Å². The molecule has 4 heteroatoms. The van der Waals surface area contributed by atoms with E-state index in [1.54, 1.807) is 7.11 Å². The topological polar surface area (TPSA) is 41.7 Å². The Balaban J connectivity index is 1.72. The van der Waals surface area contributed by atoms with Gasteiger partial charge in [-0.15, -0.1) is 0 Å². The molecule has 2 aliphatic heterocycles. The number of nitrogens with zero attached hydrogens (tertiary/aromatic N) is 2. The largest absolute Gasteiger partial charge is 0.383 e. The maximum atomic E-state index is 6.26. The molecule has 0 aromatic heterocycles. The van der Waals surface area contributed by atoms with Gasteiger partial charge in [0.2, 0.25) is 0 Å². The van der Waals surface area contributed by atoms with Crippen molar-refractivity contribution in [2.45, 2.75) is 56.1 Å². The summed E-state index contributed by atoms with van der Waals surface area (Å²) in [6.07, 6.45) is 8.01. The summed E-state index contributed by atoms with van der Waals surface area (Å²) < 4.78 is 5.32. The molecule has 110 valence electrons. The minimum atomic E-state index is 0.255. The lowest BCUT2D eigenvalue weighted by atomic mass is 9.81. The van der Waals surface area contributed by atoms with Crippen LogP contribution in [-0.4, -0.2) is 67.3 Å². The standard InChI is InChI=1S/C15H29N3O/c1-19-10-9-18(13-4-5-13)15(12-16)6-8-17-7-2-3-14(17)11-15/h13-14H,2-12,16H2,1H3. The minimum absolute atomic E-state index is 0.255. The maximum absolute atomic E-state index is 6.26. The third kappa shape index (κ3) is 2.68. The smallest absolute Gasteiger partial charge is 0.0590 e. The zero-order chi connectivity index (χ0) is 13.3. The van der Waals surface area contributed by atoms with Gasteiger partial charge < -0.3 is 15.4 Å². The zero-order valence-corrected chi connectivity index (χ0v) is 12.3. The van der Waals surface area contributed by atoms with Crippen LogP contribution in [0.3, 0.4) is 0 Å². The van der Waals surface area contributed by atoms with Crippen LogP contribution in [-0.2, 0) is 4.74 Å². The molecule has 1 saturated carbocycles. The lowest BCUT2D eigenvalue weighted by molar-refractivity contribution is -0.00816. The molecule has 2 atom stereocenters. The van der Waals surface area contributed by atoms with Crippen molar-refractivity contribution in [2.75, 3.05) is 39.9 Å². The van der Waals surface area contributed by atoms with Gasteiger partial charge in [-0.3, -0.25) is 4.90 Å². The summed E-state index contributed by atoms with van der Waals surface area (Å²) in [5.74, 6) is 0. The van der Waals surface area contributed by atoms with Crippen LogP contribution in [0.1, 0.15) is 38.5 Å². The summed E-state index contributed by atoms with van der Waals surface area (Å²) in [4.78, 5) is 5.40. The fourth-order valence-electron chi connectivity index (χ4n) is 4.26. The summed E-state index contributed by atoms with van der Waals surface area (Å²) in [7, 11) is 1.81. The highest BCUT2D eigenvalue weighted by Gasteiger charge is 2.48. The van der Waals surface area contributed by atoms with E-state index in [-0.39, 0.29) is 5.54 Å². The molecule has 19 heavy (non-hydrogen) atoms. The van der Waals surface area contributed by atoms with Crippen LogP contribution in [0.2, 0.25) is 0 Å². The third-order valence-electron chi connectivity index (χ3n) is 5.49. The molecule has 3 fully saturated rings. The fourth-order valence-corrected chi connectivity index (χ4v) is 4.26. The SMILES string of the molecule is COCCN(C1CC1)C1(CN)CCN2CCCC2C1. The number of rotatable bonds is 6. The van der Waals surface area contributed by atoms with Gasteiger partial charge in [0.1, 0.15) is 0 Å². The summed E-state index contributed by atoms with van der Waals surface area (Å²) in [6, 6.07) is 1.58. The van der Waals surface area contributed by atoms with Gasteiger partial charge in [-0.2, -0.15) is 0 Å². The molecule has 2 unspecified atom stereocenters. The summed E-state index contributed by atoms with van der Waals surface area (Å²) in [6.45, 7) is 5.28. The Hall–Kier alpha value is -0.160. The second-order valence-corrected chi connectivity index (χ2v) is 6.63. The van der Waals surface area contributed by atoms with E-state index in [9.17, 15) is 0 Å². The predicted molar refractivity (Wildman–Crippen MR) is 77.2 cm³/mol. The first-order valence-electron chi connectivity index (χ1n) is 7.99. The molecule has 0 aromatic rings. The van der Waals surface area contributed by atoms with Gasteiger partial charge in [-0.05, 0) is 45.1 Å². The van der Waals surface area contributed by atoms with Crippen molar-refractivity contribution in [2.24, 2.45) is 5.73 Å². The van der Waals surface area contributed by atoms with E-state index >= 15 is 0 Å². The van der Waals surface area contributed by atoms with Crippen LogP contribution in [0.4, 0.5) is 0 Å². The van der Waals surface area contributed by atoms with E-state index in [4.69, 9.17) is 10.5 Å². The lowest BCUT2D eigenvalue weighted by Crippen LogP contribution is -2.62. The minimum Gasteiger partial charge on any atom is -0.383 e. The molecule has 2 heterocycles. The average molecular weight is 267 g/mol. The van der Waals surface area contributed by atoms with E-state index in [0.29, 0.717) is 0 Å². The molecule has 3 aliphatic rings. The van der Waals surface area contributed by atoms with Crippen molar-refractivity contribution < 1.29 is 4.74 Å². The number of piperidine rings is 1. The lowest BCUT2D eigenvalue weighted by Gasteiger charge is -2.50. The Morgan fingerprint density at radius 1 is 1.32 bits per heavy atom. The Morgan fingerprint density at radius 3 is 2.84 bits per heavy atom.